The van der Waals surface area contributed by atoms with Gasteiger partial charge >= 0.3 is 0 Å². The molecule has 0 spiro atoms. The molecule has 0 unspecified atom stereocenters. The fourth-order valence-corrected chi connectivity index (χ4v) is 2.00. The summed E-state index contributed by atoms with van der Waals surface area (Å²) >= 11 is 0. The Morgan fingerprint density at radius 1 is 1.00 bits per heavy atom. The van der Waals surface area contributed by atoms with Crippen molar-refractivity contribution in [1.82, 2.24) is 0 Å². The van der Waals surface area contributed by atoms with E-state index in [2.05, 4.69) is 13.2 Å². The van der Waals surface area contributed by atoms with Crippen LogP contribution in [0, 0.1) is 0 Å². The topological polar surface area (TPSA) is 29.5 Å². The number of allylic oxidation sites excluding steroid dienone is 2. The van der Waals surface area contributed by atoms with Crippen molar-refractivity contribution in [1.29, 1.82) is 0 Å². The first-order chi connectivity index (χ1) is 9.74. The predicted molar refractivity (Wildman–Crippen MR) is 82.4 cm³/mol. The van der Waals surface area contributed by atoms with Gasteiger partial charge in [-0.25, -0.2) is 0 Å². The third kappa shape index (κ3) is 3.29. The van der Waals surface area contributed by atoms with Crippen LogP contribution in [0.1, 0.15) is 11.1 Å². The molecule has 0 fully saturated rings. The van der Waals surface area contributed by atoms with Gasteiger partial charge in [0.15, 0.2) is 11.5 Å². The smallest absolute Gasteiger partial charge is 0.169 e. The van der Waals surface area contributed by atoms with Crippen molar-refractivity contribution < 1.29 is 9.84 Å². The molecule has 2 heteroatoms. The number of rotatable bonds is 6. The quantitative estimate of drug-likeness (QED) is 0.772. The maximum atomic E-state index is 10.2. The Hall–Kier alpha value is -2.48. The summed E-state index contributed by atoms with van der Waals surface area (Å²) in [6.45, 7) is 7.41. The normalized spacial score (nSPS) is 10.0. The molecular weight excluding hydrogens is 248 g/mol. The van der Waals surface area contributed by atoms with E-state index in [0.717, 1.165) is 17.5 Å². The lowest BCUT2D eigenvalue weighted by Gasteiger charge is -2.11. The number of phenolic OH excluding ortho intramolecular Hbond substituents is 1. The van der Waals surface area contributed by atoms with Gasteiger partial charge in [0.2, 0.25) is 0 Å². The van der Waals surface area contributed by atoms with Gasteiger partial charge < -0.3 is 9.84 Å². The number of hydrogen-bond donors (Lipinski definition) is 1. The van der Waals surface area contributed by atoms with Crippen molar-refractivity contribution in [2.75, 3.05) is 0 Å². The van der Waals surface area contributed by atoms with Crippen molar-refractivity contribution in [3.8, 4) is 17.2 Å². The molecule has 0 amide bonds. The number of aromatic hydroxyl groups is 1. The Morgan fingerprint density at radius 2 is 1.75 bits per heavy atom. The number of benzene rings is 2. The van der Waals surface area contributed by atoms with E-state index in [-0.39, 0.29) is 5.75 Å². The highest BCUT2D eigenvalue weighted by Gasteiger charge is 2.08. The summed E-state index contributed by atoms with van der Waals surface area (Å²) in [5, 5.41) is 10.2. The average molecular weight is 266 g/mol. The molecule has 0 bridgehead atoms. The van der Waals surface area contributed by atoms with E-state index in [1.807, 2.05) is 42.5 Å². The Morgan fingerprint density at radius 3 is 2.50 bits per heavy atom. The van der Waals surface area contributed by atoms with Gasteiger partial charge in [-0.1, -0.05) is 36.4 Å². The number of para-hydroxylation sites is 1. The van der Waals surface area contributed by atoms with Crippen LogP contribution >= 0.6 is 0 Å². The lowest BCUT2D eigenvalue weighted by atomic mass is 10.1. The van der Waals surface area contributed by atoms with Gasteiger partial charge in [-0.15, -0.1) is 13.2 Å². The van der Waals surface area contributed by atoms with Crippen LogP contribution in [0.25, 0.3) is 0 Å². The molecule has 0 saturated heterocycles. The van der Waals surface area contributed by atoms with Gasteiger partial charge in [-0.2, -0.15) is 0 Å². The molecule has 0 aromatic heterocycles. The maximum Gasteiger partial charge on any atom is 0.169 e. The Bertz CT molecular complexity index is 615. The molecule has 0 aliphatic rings. The van der Waals surface area contributed by atoms with Crippen molar-refractivity contribution in [3.63, 3.8) is 0 Å². The lowest BCUT2D eigenvalue weighted by molar-refractivity contribution is 0.407. The van der Waals surface area contributed by atoms with Crippen LogP contribution < -0.4 is 4.74 Å². The minimum atomic E-state index is 0.168. The lowest BCUT2D eigenvalue weighted by Crippen LogP contribution is -1.90. The largest absolute Gasteiger partial charge is 0.504 e. The van der Waals surface area contributed by atoms with Crippen LogP contribution in [-0.2, 0) is 12.8 Å². The summed E-state index contributed by atoms with van der Waals surface area (Å²) in [4.78, 5) is 0. The Kier molecular flexibility index (Phi) is 4.61. The van der Waals surface area contributed by atoms with Gasteiger partial charge in [0.05, 0.1) is 0 Å². The second-order valence-corrected chi connectivity index (χ2v) is 4.50. The first-order valence-corrected chi connectivity index (χ1v) is 6.54. The Balaban J connectivity index is 2.25. The molecular formula is C18H18O2. The monoisotopic (exact) mass is 266 g/mol. The molecule has 2 rings (SSSR count). The van der Waals surface area contributed by atoms with Gasteiger partial charge in [-0.05, 0) is 36.6 Å². The summed E-state index contributed by atoms with van der Waals surface area (Å²) in [7, 11) is 0. The van der Waals surface area contributed by atoms with Crippen LogP contribution in [0.2, 0.25) is 0 Å². The molecule has 0 radical (unpaired) electrons. The maximum absolute atomic E-state index is 10.2. The molecule has 0 aliphatic carbocycles. The highest BCUT2D eigenvalue weighted by Crippen LogP contribution is 2.34. The van der Waals surface area contributed by atoms with E-state index < -0.39 is 0 Å². The van der Waals surface area contributed by atoms with E-state index in [9.17, 15) is 5.11 Å². The summed E-state index contributed by atoms with van der Waals surface area (Å²) in [6.07, 6.45) is 5.00. The van der Waals surface area contributed by atoms with Gasteiger partial charge in [0.25, 0.3) is 0 Å². The van der Waals surface area contributed by atoms with E-state index in [4.69, 9.17) is 4.74 Å². The standard InChI is InChI=1S/C18H18O2/c1-3-7-14-9-5-11-16(13-14)20-17-12-6-10-15(8-4-2)18(17)19/h3-6,9-13,19H,1-2,7-8H2. The van der Waals surface area contributed by atoms with Crippen molar-refractivity contribution in [2.24, 2.45) is 0 Å². The summed E-state index contributed by atoms with van der Waals surface area (Å²) in [5.74, 6) is 1.33. The third-order valence-corrected chi connectivity index (χ3v) is 2.95. The Labute approximate surface area is 119 Å². The van der Waals surface area contributed by atoms with Crippen LogP contribution in [0.15, 0.2) is 67.8 Å². The third-order valence-electron chi connectivity index (χ3n) is 2.95. The summed E-state index contributed by atoms with van der Waals surface area (Å²) in [6, 6.07) is 13.2. The van der Waals surface area contributed by atoms with Crippen LogP contribution in [0.5, 0.6) is 17.2 Å². The second-order valence-electron chi connectivity index (χ2n) is 4.50. The molecule has 20 heavy (non-hydrogen) atoms. The fraction of sp³-hybridized carbons (Fsp3) is 0.111. The zero-order valence-electron chi connectivity index (χ0n) is 11.4. The molecule has 102 valence electrons. The molecule has 2 aromatic carbocycles. The molecule has 2 aromatic rings. The molecule has 0 saturated carbocycles. The fourth-order valence-electron chi connectivity index (χ4n) is 2.00. The number of phenols is 1. The summed E-state index contributed by atoms with van der Waals surface area (Å²) in [5.41, 5.74) is 1.93. The van der Waals surface area contributed by atoms with E-state index in [1.165, 1.54) is 0 Å². The van der Waals surface area contributed by atoms with Crippen LogP contribution in [-0.4, -0.2) is 5.11 Å². The van der Waals surface area contributed by atoms with Crippen molar-refractivity contribution in [3.05, 3.63) is 78.9 Å². The first kappa shape index (κ1) is 13.9. The molecule has 0 heterocycles. The molecule has 0 aliphatic heterocycles. The van der Waals surface area contributed by atoms with Crippen molar-refractivity contribution >= 4 is 0 Å². The van der Waals surface area contributed by atoms with Crippen LogP contribution in [0.3, 0.4) is 0 Å². The number of hydrogen-bond acceptors (Lipinski definition) is 2. The van der Waals surface area contributed by atoms with E-state index in [1.54, 1.807) is 12.1 Å². The highest BCUT2D eigenvalue weighted by molar-refractivity contribution is 5.48. The minimum Gasteiger partial charge on any atom is -0.504 e. The second kappa shape index (κ2) is 6.62. The van der Waals surface area contributed by atoms with Crippen molar-refractivity contribution in [2.45, 2.75) is 12.8 Å². The van der Waals surface area contributed by atoms with Crippen LogP contribution in [0.4, 0.5) is 0 Å². The van der Waals surface area contributed by atoms with Gasteiger partial charge in [0.1, 0.15) is 5.75 Å². The predicted octanol–water partition coefficient (Wildman–Crippen LogP) is 4.64. The minimum absolute atomic E-state index is 0.168. The zero-order valence-corrected chi connectivity index (χ0v) is 11.4. The first-order valence-electron chi connectivity index (χ1n) is 6.54. The molecule has 1 N–H and O–H groups in total. The summed E-state index contributed by atoms with van der Waals surface area (Å²) < 4.78 is 5.76. The van der Waals surface area contributed by atoms with E-state index in [0.29, 0.717) is 17.9 Å². The average Bonchev–Trinajstić information content (AvgIpc) is 2.44. The highest BCUT2D eigenvalue weighted by atomic mass is 16.5. The SMILES string of the molecule is C=CCc1cccc(Oc2cccc(CC=C)c2O)c1. The zero-order chi connectivity index (χ0) is 14.4. The number of ether oxygens (including phenoxy) is 1. The van der Waals surface area contributed by atoms with E-state index >= 15 is 0 Å². The molecule has 0 atom stereocenters. The van der Waals surface area contributed by atoms with Gasteiger partial charge in [-0.3, -0.25) is 0 Å². The molecule has 2 nitrogen and oxygen atoms in total. The van der Waals surface area contributed by atoms with Gasteiger partial charge in [0, 0.05) is 5.56 Å².